The van der Waals surface area contributed by atoms with Gasteiger partial charge in [0.05, 0.1) is 11.5 Å². The van der Waals surface area contributed by atoms with Crippen molar-refractivity contribution in [2.45, 2.75) is 25.4 Å². The predicted octanol–water partition coefficient (Wildman–Crippen LogP) is 2.11. The van der Waals surface area contributed by atoms with Crippen LogP contribution in [0.4, 0.5) is 5.69 Å². The zero-order valence-electron chi connectivity index (χ0n) is 16.0. The van der Waals surface area contributed by atoms with Crippen molar-refractivity contribution >= 4 is 17.5 Å². The van der Waals surface area contributed by atoms with Crippen LogP contribution in [-0.4, -0.2) is 47.3 Å². The highest BCUT2D eigenvalue weighted by Gasteiger charge is 2.21. The van der Waals surface area contributed by atoms with Crippen molar-refractivity contribution in [1.82, 2.24) is 15.5 Å². The number of nitrogens with zero attached hydrogens (tertiary/aromatic N) is 2. The molecule has 0 saturated carbocycles. The summed E-state index contributed by atoms with van der Waals surface area (Å²) in [5.41, 5.74) is 1.27. The number of non-ortho nitro benzene ring substituents is 1. The molecular formula is C21H24N4O4. The Morgan fingerprint density at radius 1 is 1.07 bits per heavy atom. The number of amides is 2. The Morgan fingerprint density at radius 2 is 1.79 bits per heavy atom. The van der Waals surface area contributed by atoms with Crippen LogP contribution in [0.5, 0.6) is 0 Å². The van der Waals surface area contributed by atoms with E-state index in [0.29, 0.717) is 0 Å². The topological polar surface area (TPSA) is 105 Å². The van der Waals surface area contributed by atoms with Gasteiger partial charge in [-0.3, -0.25) is 24.6 Å². The van der Waals surface area contributed by atoms with Crippen molar-refractivity contribution in [1.29, 1.82) is 0 Å². The molecule has 1 aliphatic rings. The third-order valence-electron chi connectivity index (χ3n) is 4.93. The van der Waals surface area contributed by atoms with E-state index in [1.807, 2.05) is 18.2 Å². The van der Waals surface area contributed by atoms with E-state index in [1.165, 1.54) is 29.8 Å². The lowest BCUT2D eigenvalue weighted by Crippen LogP contribution is -2.47. The molecule has 0 unspecified atom stereocenters. The first-order valence-electron chi connectivity index (χ1n) is 9.59. The molecule has 1 fully saturated rings. The average Bonchev–Trinajstić information content (AvgIpc) is 2.74. The number of hydrogen-bond donors (Lipinski definition) is 2. The number of benzene rings is 2. The minimum Gasteiger partial charge on any atom is -0.352 e. The summed E-state index contributed by atoms with van der Waals surface area (Å²) in [5.74, 6) is -0.771. The van der Waals surface area contributed by atoms with Gasteiger partial charge >= 0.3 is 0 Å². The Morgan fingerprint density at radius 3 is 2.48 bits per heavy atom. The average molecular weight is 396 g/mol. The van der Waals surface area contributed by atoms with Gasteiger partial charge in [-0.05, 0) is 24.5 Å². The predicted molar refractivity (Wildman–Crippen MR) is 108 cm³/mol. The number of likely N-dealkylation sites (tertiary alicyclic amines) is 1. The van der Waals surface area contributed by atoms with Crippen molar-refractivity contribution in [2.75, 3.05) is 19.6 Å². The molecule has 0 aliphatic carbocycles. The molecule has 0 atom stereocenters. The lowest BCUT2D eigenvalue weighted by atomic mass is 10.0. The second-order valence-corrected chi connectivity index (χ2v) is 7.09. The highest BCUT2D eigenvalue weighted by atomic mass is 16.6. The van der Waals surface area contributed by atoms with Gasteiger partial charge in [0.1, 0.15) is 0 Å². The van der Waals surface area contributed by atoms with Gasteiger partial charge in [-0.15, -0.1) is 0 Å². The van der Waals surface area contributed by atoms with Gasteiger partial charge in [0, 0.05) is 43.4 Å². The van der Waals surface area contributed by atoms with Crippen molar-refractivity contribution in [2.24, 2.45) is 0 Å². The van der Waals surface area contributed by atoms with Gasteiger partial charge in [-0.25, -0.2) is 0 Å². The molecule has 2 amide bonds. The van der Waals surface area contributed by atoms with Crippen molar-refractivity contribution < 1.29 is 14.5 Å². The second-order valence-electron chi connectivity index (χ2n) is 7.09. The molecule has 3 rings (SSSR count). The van der Waals surface area contributed by atoms with Crippen molar-refractivity contribution in [3.8, 4) is 0 Å². The van der Waals surface area contributed by atoms with Crippen LogP contribution in [0.3, 0.4) is 0 Å². The molecule has 0 radical (unpaired) electrons. The minimum atomic E-state index is -0.562. The molecule has 2 N–H and O–H groups in total. The highest BCUT2D eigenvalue weighted by molar-refractivity contribution is 5.96. The molecule has 29 heavy (non-hydrogen) atoms. The maximum atomic E-state index is 12.1. The van der Waals surface area contributed by atoms with Crippen LogP contribution >= 0.6 is 0 Å². The number of piperidine rings is 1. The molecule has 1 saturated heterocycles. The molecule has 152 valence electrons. The molecule has 1 heterocycles. The Labute approximate surface area is 169 Å². The number of nitrogens with one attached hydrogen (secondary N) is 2. The first-order chi connectivity index (χ1) is 14.0. The summed E-state index contributed by atoms with van der Waals surface area (Å²) in [6, 6.07) is 15.8. The lowest BCUT2D eigenvalue weighted by Gasteiger charge is -2.32. The Bertz CT molecular complexity index is 864. The number of nitro groups is 1. The third kappa shape index (κ3) is 6.11. The fourth-order valence-corrected chi connectivity index (χ4v) is 3.38. The summed E-state index contributed by atoms with van der Waals surface area (Å²) in [7, 11) is 0. The van der Waals surface area contributed by atoms with Gasteiger partial charge < -0.3 is 10.6 Å². The molecule has 0 bridgehead atoms. The van der Waals surface area contributed by atoms with E-state index in [0.717, 1.165) is 32.5 Å². The summed E-state index contributed by atoms with van der Waals surface area (Å²) < 4.78 is 0. The first-order valence-corrected chi connectivity index (χ1v) is 9.59. The largest absolute Gasteiger partial charge is 0.352 e. The van der Waals surface area contributed by atoms with E-state index in [2.05, 4.69) is 27.7 Å². The van der Waals surface area contributed by atoms with Crippen molar-refractivity contribution in [3.05, 3.63) is 75.8 Å². The summed E-state index contributed by atoms with van der Waals surface area (Å²) >= 11 is 0. The van der Waals surface area contributed by atoms with E-state index < -0.39 is 10.8 Å². The van der Waals surface area contributed by atoms with Crippen LogP contribution in [0.25, 0.3) is 0 Å². The zero-order valence-corrected chi connectivity index (χ0v) is 16.0. The van der Waals surface area contributed by atoms with Gasteiger partial charge in [0.25, 0.3) is 11.6 Å². The lowest BCUT2D eigenvalue weighted by molar-refractivity contribution is -0.384. The van der Waals surface area contributed by atoms with Crippen LogP contribution in [0.2, 0.25) is 0 Å². The fraction of sp³-hybridized carbons (Fsp3) is 0.333. The molecule has 8 nitrogen and oxygen atoms in total. The highest BCUT2D eigenvalue weighted by Crippen LogP contribution is 2.14. The SMILES string of the molecule is O=C(CNC(=O)c1cccc([N+](=O)[O-])c1)NC1CCN(Cc2ccccc2)CC1. The zero-order chi connectivity index (χ0) is 20.6. The van der Waals surface area contributed by atoms with E-state index in [-0.39, 0.29) is 29.7 Å². The van der Waals surface area contributed by atoms with Crippen molar-refractivity contribution in [3.63, 3.8) is 0 Å². The smallest absolute Gasteiger partial charge is 0.270 e. The third-order valence-corrected chi connectivity index (χ3v) is 4.93. The maximum Gasteiger partial charge on any atom is 0.270 e. The van der Waals surface area contributed by atoms with Gasteiger partial charge in [-0.2, -0.15) is 0 Å². The molecular weight excluding hydrogens is 372 g/mol. The number of hydrogen-bond acceptors (Lipinski definition) is 5. The normalized spacial score (nSPS) is 14.9. The molecule has 0 spiro atoms. The summed E-state index contributed by atoms with van der Waals surface area (Å²) in [5, 5.41) is 16.3. The molecule has 1 aliphatic heterocycles. The number of nitro benzene ring substituents is 1. The van der Waals surface area contributed by atoms with Gasteiger partial charge in [-0.1, -0.05) is 36.4 Å². The van der Waals surface area contributed by atoms with Crippen LogP contribution in [0, 0.1) is 10.1 Å². The molecule has 2 aromatic carbocycles. The number of carbonyl (C=O) groups is 2. The van der Waals surface area contributed by atoms with E-state index in [9.17, 15) is 19.7 Å². The minimum absolute atomic E-state index is 0.0873. The number of carbonyl (C=O) groups excluding carboxylic acids is 2. The number of rotatable bonds is 7. The van der Waals surface area contributed by atoms with E-state index in [1.54, 1.807) is 0 Å². The summed E-state index contributed by atoms with van der Waals surface area (Å²) in [6.45, 7) is 2.55. The summed E-state index contributed by atoms with van der Waals surface area (Å²) in [6.07, 6.45) is 1.72. The van der Waals surface area contributed by atoms with E-state index >= 15 is 0 Å². The monoisotopic (exact) mass is 396 g/mol. The van der Waals surface area contributed by atoms with Gasteiger partial charge in [0.15, 0.2) is 0 Å². The first kappa shape index (κ1) is 20.5. The van der Waals surface area contributed by atoms with Crippen LogP contribution in [-0.2, 0) is 11.3 Å². The standard InChI is InChI=1S/C21H24N4O4/c26-20(14-22-21(27)17-7-4-8-19(13-17)25(28)29)23-18-9-11-24(12-10-18)15-16-5-2-1-3-6-16/h1-8,13,18H,9-12,14-15H2,(H,22,27)(H,23,26). The van der Waals surface area contributed by atoms with Crippen LogP contribution in [0.15, 0.2) is 54.6 Å². The Balaban J connectivity index is 1.39. The quantitative estimate of drug-likeness (QED) is 0.551. The van der Waals surface area contributed by atoms with Crippen LogP contribution < -0.4 is 10.6 Å². The molecule has 0 aromatic heterocycles. The van der Waals surface area contributed by atoms with E-state index in [4.69, 9.17) is 0 Å². The summed E-state index contributed by atoms with van der Waals surface area (Å²) in [4.78, 5) is 36.9. The molecule has 8 heteroatoms. The second kappa shape index (κ2) is 9.79. The Kier molecular flexibility index (Phi) is 6.91. The van der Waals surface area contributed by atoms with Gasteiger partial charge in [0.2, 0.25) is 5.91 Å². The Hall–Kier alpha value is -3.26. The fourth-order valence-electron chi connectivity index (χ4n) is 3.38. The molecule has 2 aromatic rings. The maximum absolute atomic E-state index is 12.1. The van der Waals surface area contributed by atoms with Crippen LogP contribution in [0.1, 0.15) is 28.8 Å².